The lowest BCUT2D eigenvalue weighted by Gasteiger charge is -2.34. The van der Waals surface area contributed by atoms with Gasteiger partial charge in [-0.05, 0) is 52.7 Å². The second-order valence-electron chi connectivity index (χ2n) is 11.6. The van der Waals surface area contributed by atoms with Gasteiger partial charge in [0.25, 0.3) is 5.56 Å². The molecule has 1 saturated heterocycles. The van der Waals surface area contributed by atoms with E-state index in [1.54, 1.807) is 24.6 Å². The van der Waals surface area contributed by atoms with Gasteiger partial charge in [-0.2, -0.15) is 4.98 Å². The van der Waals surface area contributed by atoms with Crippen LogP contribution in [0.15, 0.2) is 58.1 Å². The maximum Gasteiger partial charge on any atom is 0.407 e. The van der Waals surface area contributed by atoms with E-state index in [2.05, 4.69) is 17.2 Å². The summed E-state index contributed by atoms with van der Waals surface area (Å²) in [6.45, 7) is 8.58. The highest BCUT2D eigenvalue weighted by molar-refractivity contribution is 5.75. The van der Waals surface area contributed by atoms with Crippen LogP contribution >= 0.6 is 0 Å². The molecular weight excluding hydrogens is 546 g/mol. The molecule has 5 rings (SSSR count). The number of alkyl carbamates (subject to hydrolysis) is 1. The van der Waals surface area contributed by atoms with Crippen LogP contribution in [-0.2, 0) is 24.9 Å². The Bertz CT molecular complexity index is 1820. The lowest BCUT2D eigenvalue weighted by Crippen LogP contribution is -2.49. The van der Waals surface area contributed by atoms with Gasteiger partial charge in [0, 0.05) is 31.7 Å². The molecule has 43 heavy (non-hydrogen) atoms. The third kappa shape index (κ3) is 6.48. The maximum atomic E-state index is 14.0. The molecule has 1 fully saturated rings. The number of aromatic nitrogens is 5. The van der Waals surface area contributed by atoms with Crippen molar-refractivity contribution in [1.29, 1.82) is 0 Å². The number of amides is 1. The van der Waals surface area contributed by atoms with Gasteiger partial charge in [0.1, 0.15) is 5.60 Å². The van der Waals surface area contributed by atoms with Crippen molar-refractivity contribution in [3.05, 3.63) is 75.1 Å². The van der Waals surface area contributed by atoms with Gasteiger partial charge in [0.2, 0.25) is 5.95 Å². The molecule has 1 atom stereocenters. The summed E-state index contributed by atoms with van der Waals surface area (Å²) >= 11 is 0. The molecule has 3 aromatic heterocycles. The Hall–Kier alpha value is -4.85. The van der Waals surface area contributed by atoms with Gasteiger partial charge in [0.15, 0.2) is 11.2 Å². The fourth-order valence-corrected chi connectivity index (χ4v) is 5.30. The number of benzene rings is 1. The van der Waals surface area contributed by atoms with Gasteiger partial charge in [-0.15, -0.1) is 5.92 Å². The van der Waals surface area contributed by atoms with Gasteiger partial charge >= 0.3 is 11.8 Å². The predicted octanol–water partition coefficient (Wildman–Crippen LogP) is 3.52. The van der Waals surface area contributed by atoms with Gasteiger partial charge in [-0.1, -0.05) is 42.3 Å². The van der Waals surface area contributed by atoms with Gasteiger partial charge in [-0.25, -0.2) is 9.59 Å². The number of rotatable bonds is 6. The first kappa shape index (κ1) is 29.6. The zero-order valence-corrected chi connectivity index (χ0v) is 25.3. The summed E-state index contributed by atoms with van der Waals surface area (Å²) in [5, 5.41) is 2.96. The third-order valence-electron chi connectivity index (χ3n) is 7.25. The number of piperidine rings is 1. The molecule has 1 N–H and O–H groups in total. The van der Waals surface area contributed by atoms with Crippen molar-refractivity contribution in [3.8, 4) is 23.1 Å². The third-order valence-corrected chi connectivity index (χ3v) is 7.25. The zero-order chi connectivity index (χ0) is 30.7. The number of aryl methyl sites for hydroxylation is 1. The summed E-state index contributed by atoms with van der Waals surface area (Å²) in [5.74, 6) is 6.49. The highest BCUT2D eigenvalue weighted by Gasteiger charge is 2.29. The van der Waals surface area contributed by atoms with E-state index >= 15 is 0 Å². The average molecular weight is 584 g/mol. The molecule has 4 heterocycles. The van der Waals surface area contributed by atoms with E-state index < -0.39 is 22.9 Å². The summed E-state index contributed by atoms with van der Waals surface area (Å²) in [6.07, 6.45) is 1.11. The minimum Gasteiger partial charge on any atom is -0.444 e. The predicted molar refractivity (Wildman–Crippen MR) is 166 cm³/mol. The number of carbonyl (C=O) groups is 1. The number of imidazole rings is 1. The molecule has 1 aromatic carbocycles. The molecule has 0 bridgehead atoms. The van der Waals surface area contributed by atoms with Crippen LogP contribution in [0.25, 0.3) is 22.4 Å². The van der Waals surface area contributed by atoms with E-state index in [-0.39, 0.29) is 24.8 Å². The van der Waals surface area contributed by atoms with Gasteiger partial charge in [0.05, 0.1) is 24.5 Å². The number of hydrogen-bond donors (Lipinski definition) is 1. The van der Waals surface area contributed by atoms with Crippen molar-refractivity contribution >= 4 is 23.2 Å². The van der Waals surface area contributed by atoms with Crippen LogP contribution in [0.4, 0.5) is 10.7 Å². The maximum absolute atomic E-state index is 14.0. The molecule has 0 aliphatic carbocycles. The summed E-state index contributed by atoms with van der Waals surface area (Å²) in [6, 6.07) is 15.2. The topological polar surface area (TPSA) is 116 Å². The average Bonchev–Trinajstić information content (AvgIpc) is 3.36. The zero-order valence-electron chi connectivity index (χ0n) is 25.3. The van der Waals surface area contributed by atoms with Crippen LogP contribution in [0.3, 0.4) is 0 Å². The summed E-state index contributed by atoms with van der Waals surface area (Å²) in [4.78, 5) is 51.5. The molecule has 224 valence electrons. The SMILES string of the molecule is CC#CCn1c(N2CCC[C@@H](NC(=O)OC(C)(C)C)C2)nc2c1c(=O)n(Cc1cccc(-c3ccccc3)n1)c(=O)n2C. The molecule has 0 unspecified atom stereocenters. The highest BCUT2D eigenvalue weighted by atomic mass is 16.6. The van der Waals surface area contributed by atoms with Crippen molar-refractivity contribution in [2.45, 2.75) is 65.3 Å². The number of ether oxygens (including phenoxy) is 1. The Morgan fingerprint density at radius 2 is 1.84 bits per heavy atom. The number of nitrogens with one attached hydrogen (secondary N) is 1. The summed E-state index contributed by atoms with van der Waals surface area (Å²) < 4.78 is 9.82. The highest BCUT2D eigenvalue weighted by Crippen LogP contribution is 2.24. The first-order valence-corrected chi connectivity index (χ1v) is 14.4. The van der Waals surface area contributed by atoms with Crippen molar-refractivity contribution in [2.75, 3.05) is 18.0 Å². The molecule has 11 heteroatoms. The number of anilines is 1. The molecule has 1 amide bonds. The Morgan fingerprint density at radius 3 is 2.56 bits per heavy atom. The number of hydrogen-bond acceptors (Lipinski definition) is 7. The van der Waals surface area contributed by atoms with E-state index in [4.69, 9.17) is 14.7 Å². The Morgan fingerprint density at radius 1 is 1.07 bits per heavy atom. The first-order chi connectivity index (χ1) is 20.6. The van der Waals surface area contributed by atoms with Crippen LogP contribution in [0.2, 0.25) is 0 Å². The number of pyridine rings is 1. The van der Waals surface area contributed by atoms with Crippen molar-refractivity contribution in [2.24, 2.45) is 7.05 Å². The fourth-order valence-electron chi connectivity index (χ4n) is 5.30. The summed E-state index contributed by atoms with van der Waals surface area (Å²) in [5.41, 5.74) is 1.33. The van der Waals surface area contributed by atoms with Crippen LogP contribution < -0.4 is 21.5 Å². The van der Waals surface area contributed by atoms with Crippen LogP contribution in [0.5, 0.6) is 0 Å². The quantitative estimate of drug-likeness (QED) is 0.345. The molecule has 0 saturated carbocycles. The van der Waals surface area contributed by atoms with Crippen LogP contribution in [0, 0.1) is 11.8 Å². The van der Waals surface area contributed by atoms with E-state index in [1.807, 2.05) is 68.1 Å². The summed E-state index contributed by atoms with van der Waals surface area (Å²) in [7, 11) is 1.62. The van der Waals surface area contributed by atoms with E-state index in [1.165, 1.54) is 9.13 Å². The second kappa shape index (κ2) is 12.2. The number of carbonyl (C=O) groups excluding carboxylic acids is 1. The fraction of sp³-hybridized carbons (Fsp3) is 0.406. The molecular formula is C32H37N7O4. The largest absolute Gasteiger partial charge is 0.444 e. The molecule has 4 aromatic rings. The lowest BCUT2D eigenvalue weighted by atomic mass is 10.1. The molecule has 1 aliphatic heterocycles. The number of nitrogens with zero attached hydrogens (tertiary/aromatic N) is 6. The molecule has 1 aliphatic rings. The van der Waals surface area contributed by atoms with Crippen LogP contribution in [-0.4, -0.2) is 54.5 Å². The van der Waals surface area contributed by atoms with Crippen LogP contribution in [0.1, 0.15) is 46.2 Å². The minimum atomic E-state index is -0.603. The van der Waals surface area contributed by atoms with Crippen molar-refractivity contribution < 1.29 is 9.53 Å². The standard InChI is InChI=1S/C32H37N7O4/c1-6-7-19-38-26-27(35-29(38)37-18-12-16-23(20-37)34-30(41)43-32(2,3)4)36(5)31(42)39(28(26)40)21-24-15-11-17-25(33-24)22-13-9-8-10-14-22/h8-11,13-15,17,23H,12,16,18-21H2,1-5H3,(H,34,41)/t23-/m1/s1. The second-order valence-corrected chi connectivity index (χ2v) is 11.6. The molecule has 11 nitrogen and oxygen atoms in total. The van der Waals surface area contributed by atoms with Gasteiger partial charge in [-0.3, -0.25) is 23.5 Å². The van der Waals surface area contributed by atoms with Gasteiger partial charge < -0.3 is 15.0 Å². The molecule has 0 radical (unpaired) electrons. The van der Waals surface area contributed by atoms with E-state index in [0.29, 0.717) is 30.2 Å². The normalized spacial score (nSPS) is 15.2. The smallest absolute Gasteiger partial charge is 0.407 e. The lowest BCUT2D eigenvalue weighted by molar-refractivity contribution is 0.0499. The van der Waals surface area contributed by atoms with Crippen molar-refractivity contribution in [1.82, 2.24) is 29.0 Å². The van der Waals surface area contributed by atoms with E-state index in [0.717, 1.165) is 24.1 Å². The Balaban J connectivity index is 1.52. The monoisotopic (exact) mass is 583 g/mol. The Labute approximate surface area is 250 Å². The Kier molecular flexibility index (Phi) is 8.39. The molecule has 0 spiro atoms. The number of fused-ring (bicyclic) bond motifs is 1. The first-order valence-electron chi connectivity index (χ1n) is 14.4. The van der Waals surface area contributed by atoms with Crippen molar-refractivity contribution in [3.63, 3.8) is 0 Å². The minimum absolute atomic E-state index is 0.00763. The van der Waals surface area contributed by atoms with E-state index in [9.17, 15) is 14.4 Å².